The molecule has 8 nitrogen and oxygen atoms in total. The lowest BCUT2D eigenvalue weighted by Gasteiger charge is -2.20. The lowest BCUT2D eigenvalue weighted by molar-refractivity contribution is -0.141. The molecular formula is C13H21N3O5. The Labute approximate surface area is 123 Å². The largest absolute Gasteiger partial charge is 0.469 e. The van der Waals surface area contributed by atoms with E-state index in [-0.39, 0.29) is 24.8 Å². The van der Waals surface area contributed by atoms with E-state index in [1.165, 1.54) is 12.0 Å². The molecule has 1 fully saturated rings. The number of imide groups is 1. The number of urea groups is 1. The van der Waals surface area contributed by atoms with Crippen LogP contribution in [0.5, 0.6) is 0 Å². The minimum absolute atomic E-state index is 0.213. The predicted octanol–water partition coefficient (Wildman–Crippen LogP) is -0.272. The number of carbonyl (C=O) groups is 4. The Bertz CT molecular complexity index is 461. The maximum Gasteiger partial charge on any atom is 0.325 e. The van der Waals surface area contributed by atoms with Crippen LogP contribution in [0.15, 0.2) is 0 Å². The number of likely N-dealkylation sites (N-methyl/N-ethyl adjacent to an activating group) is 1. The van der Waals surface area contributed by atoms with Crippen LogP contribution in [0.2, 0.25) is 0 Å². The maximum absolute atomic E-state index is 12.0. The molecule has 0 aromatic rings. The van der Waals surface area contributed by atoms with Gasteiger partial charge in [-0.15, -0.1) is 0 Å². The summed E-state index contributed by atoms with van der Waals surface area (Å²) in [4.78, 5) is 48.8. The van der Waals surface area contributed by atoms with Gasteiger partial charge in [-0.1, -0.05) is 0 Å². The second-order valence-corrected chi connectivity index (χ2v) is 5.44. The van der Waals surface area contributed by atoms with Crippen molar-refractivity contribution in [3.63, 3.8) is 0 Å². The number of rotatable bonds is 6. The Hall–Kier alpha value is -2.12. The third-order valence-corrected chi connectivity index (χ3v) is 3.27. The second kappa shape index (κ2) is 6.55. The van der Waals surface area contributed by atoms with E-state index in [4.69, 9.17) is 0 Å². The van der Waals surface area contributed by atoms with Crippen molar-refractivity contribution in [2.24, 2.45) is 0 Å². The summed E-state index contributed by atoms with van der Waals surface area (Å²) in [5, 5.41) is 2.51. The average molecular weight is 299 g/mol. The summed E-state index contributed by atoms with van der Waals surface area (Å²) in [6.07, 6.45) is 0.671. The Morgan fingerprint density at radius 3 is 2.43 bits per heavy atom. The highest BCUT2D eigenvalue weighted by atomic mass is 16.5. The van der Waals surface area contributed by atoms with E-state index in [9.17, 15) is 19.2 Å². The Morgan fingerprint density at radius 1 is 1.33 bits per heavy atom. The van der Waals surface area contributed by atoms with Gasteiger partial charge in [-0.3, -0.25) is 19.3 Å². The molecule has 1 rings (SSSR count). The van der Waals surface area contributed by atoms with E-state index in [2.05, 4.69) is 10.1 Å². The smallest absolute Gasteiger partial charge is 0.325 e. The van der Waals surface area contributed by atoms with Crippen molar-refractivity contribution >= 4 is 23.8 Å². The highest BCUT2D eigenvalue weighted by Crippen LogP contribution is 2.16. The number of methoxy groups -OCH3 is 1. The molecule has 118 valence electrons. The van der Waals surface area contributed by atoms with Crippen LogP contribution in [0, 0.1) is 0 Å². The number of esters is 1. The first-order valence-electron chi connectivity index (χ1n) is 6.64. The zero-order valence-corrected chi connectivity index (χ0v) is 12.8. The van der Waals surface area contributed by atoms with Crippen molar-refractivity contribution < 1.29 is 23.9 Å². The van der Waals surface area contributed by atoms with Gasteiger partial charge in [-0.05, 0) is 20.3 Å². The first kappa shape index (κ1) is 16.9. The van der Waals surface area contributed by atoms with Gasteiger partial charge in [0.25, 0.3) is 5.91 Å². The molecule has 4 amide bonds. The van der Waals surface area contributed by atoms with Gasteiger partial charge < -0.3 is 15.0 Å². The Kier molecular flexibility index (Phi) is 5.28. The molecule has 0 saturated carbocycles. The van der Waals surface area contributed by atoms with Gasteiger partial charge >= 0.3 is 12.0 Å². The maximum atomic E-state index is 12.0. The van der Waals surface area contributed by atoms with Crippen molar-refractivity contribution in [2.45, 2.75) is 32.2 Å². The summed E-state index contributed by atoms with van der Waals surface area (Å²) < 4.78 is 4.50. The summed E-state index contributed by atoms with van der Waals surface area (Å²) in [5.41, 5.74) is -0.985. The number of nitrogens with one attached hydrogen (secondary N) is 1. The summed E-state index contributed by atoms with van der Waals surface area (Å²) in [5.74, 6) is -1.13. The van der Waals surface area contributed by atoms with E-state index in [1.807, 2.05) is 0 Å². The predicted molar refractivity (Wildman–Crippen MR) is 73.2 cm³/mol. The van der Waals surface area contributed by atoms with Crippen molar-refractivity contribution in [1.29, 1.82) is 0 Å². The van der Waals surface area contributed by atoms with E-state index in [1.54, 1.807) is 20.9 Å². The molecular weight excluding hydrogens is 278 g/mol. The van der Waals surface area contributed by atoms with Crippen molar-refractivity contribution in [2.75, 3.05) is 27.2 Å². The molecule has 21 heavy (non-hydrogen) atoms. The first-order valence-corrected chi connectivity index (χ1v) is 6.64. The molecule has 0 bridgehead atoms. The monoisotopic (exact) mass is 299 g/mol. The van der Waals surface area contributed by atoms with E-state index >= 15 is 0 Å². The van der Waals surface area contributed by atoms with Gasteiger partial charge in [0, 0.05) is 20.0 Å². The Balaban J connectivity index is 2.48. The SMILES string of the molecule is COC(=O)CCCN(C)C(=O)CN1C(=O)NC(C)(C)C1=O. The number of hydrogen-bond donors (Lipinski definition) is 1. The van der Waals surface area contributed by atoms with E-state index in [0.717, 1.165) is 4.90 Å². The molecule has 0 atom stereocenters. The highest BCUT2D eigenvalue weighted by Gasteiger charge is 2.45. The Morgan fingerprint density at radius 2 is 1.95 bits per heavy atom. The molecule has 0 radical (unpaired) electrons. The fraction of sp³-hybridized carbons (Fsp3) is 0.692. The molecule has 8 heteroatoms. The van der Waals surface area contributed by atoms with Crippen LogP contribution in [-0.4, -0.2) is 66.4 Å². The number of hydrogen-bond acceptors (Lipinski definition) is 5. The average Bonchev–Trinajstić information content (AvgIpc) is 2.60. The molecule has 0 aliphatic carbocycles. The number of amides is 4. The van der Waals surface area contributed by atoms with Crippen LogP contribution in [0.3, 0.4) is 0 Å². The van der Waals surface area contributed by atoms with Gasteiger partial charge in [0.2, 0.25) is 5.91 Å². The van der Waals surface area contributed by atoms with Crippen LogP contribution >= 0.6 is 0 Å². The van der Waals surface area contributed by atoms with Crippen LogP contribution in [-0.2, 0) is 19.1 Å². The topological polar surface area (TPSA) is 96.0 Å². The van der Waals surface area contributed by atoms with Gasteiger partial charge in [-0.25, -0.2) is 4.79 Å². The lowest BCUT2D eigenvalue weighted by Crippen LogP contribution is -2.43. The standard InChI is InChI=1S/C13H21N3O5/c1-13(2)11(19)16(12(20)14-13)8-9(17)15(3)7-5-6-10(18)21-4/h5-8H2,1-4H3,(H,14,20). The molecule has 0 spiro atoms. The van der Waals surface area contributed by atoms with Gasteiger partial charge in [0.1, 0.15) is 12.1 Å². The van der Waals surface area contributed by atoms with Crippen LogP contribution in [0.25, 0.3) is 0 Å². The third-order valence-electron chi connectivity index (χ3n) is 3.27. The minimum atomic E-state index is -0.985. The van der Waals surface area contributed by atoms with Gasteiger partial charge in [0.05, 0.1) is 7.11 Å². The van der Waals surface area contributed by atoms with Crippen LogP contribution in [0.4, 0.5) is 4.79 Å². The van der Waals surface area contributed by atoms with Crippen molar-refractivity contribution in [1.82, 2.24) is 15.1 Å². The zero-order chi connectivity index (χ0) is 16.2. The number of ether oxygens (including phenoxy) is 1. The third kappa shape index (κ3) is 4.17. The molecule has 1 aliphatic heterocycles. The van der Waals surface area contributed by atoms with Crippen LogP contribution in [0.1, 0.15) is 26.7 Å². The molecule has 0 aromatic heterocycles. The highest BCUT2D eigenvalue weighted by molar-refractivity contribution is 6.08. The number of carbonyl (C=O) groups excluding carboxylic acids is 4. The molecule has 1 aliphatic rings. The second-order valence-electron chi connectivity index (χ2n) is 5.44. The van der Waals surface area contributed by atoms with Crippen molar-refractivity contribution in [3.05, 3.63) is 0 Å². The lowest BCUT2D eigenvalue weighted by atomic mass is 10.1. The van der Waals surface area contributed by atoms with E-state index in [0.29, 0.717) is 13.0 Å². The first-order chi connectivity index (χ1) is 9.69. The summed E-state index contributed by atoms with van der Waals surface area (Å²) in [7, 11) is 2.86. The molecule has 0 aromatic carbocycles. The van der Waals surface area contributed by atoms with Crippen molar-refractivity contribution in [3.8, 4) is 0 Å². The normalized spacial score (nSPS) is 16.7. The van der Waals surface area contributed by atoms with Crippen LogP contribution < -0.4 is 5.32 Å². The quantitative estimate of drug-likeness (QED) is 0.538. The molecule has 1 heterocycles. The molecule has 1 saturated heterocycles. The number of nitrogens with zero attached hydrogens (tertiary/aromatic N) is 2. The zero-order valence-electron chi connectivity index (χ0n) is 12.8. The summed E-state index contributed by atoms with van der Waals surface area (Å²) in [6, 6.07) is -0.568. The fourth-order valence-corrected chi connectivity index (χ4v) is 1.90. The minimum Gasteiger partial charge on any atom is -0.469 e. The van der Waals surface area contributed by atoms with Gasteiger partial charge in [0.15, 0.2) is 0 Å². The fourth-order valence-electron chi connectivity index (χ4n) is 1.90. The van der Waals surface area contributed by atoms with Gasteiger partial charge in [-0.2, -0.15) is 0 Å². The molecule has 1 N–H and O–H groups in total. The van der Waals surface area contributed by atoms with E-state index < -0.39 is 17.5 Å². The summed E-state index contributed by atoms with van der Waals surface area (Å²) >= 11 is 0. The summed E-state index contributed by atoms with van der Waals surface area (Å²) in [6.45, 7) is 3.21. The molecule has 0 unspecified atom stereocenters.